The number of nitrogens with two attached hydrogens (primary N) is 1. The molecular weight excluding hydrogens is 276 g/mol. The van der Waals surface area contributed by atoms with Crippen molar-refractivity contribution in [2.45, 2.75) is 50.5 Å². The average Bonchev–Trinajstić information content (AvgIpc) is 3.02. The van der Waals surface area contributed by atoms with Gasteiger partial charge in [-0.1, -0.05) is 13.8 Å². The zero-order valence-electron chi connectivity index (χ0n) is 12.3. The molecule has 3 aliphatic rings. The van der Waals surface area contributed by atoms with Crippen LogP contribution in [0.2, 0.25) is 0 Å². The lowest BCUT2D eigenvalue weighted by Gasteiger charge is -2.61. The van der Waals surface area contributed by atoms with Crippen molar-refractivity contribution in [3.8, 4) is 0 Å². The number of hydrogen-bond acceptors (Lipinski definition) is 5. The number of hydrogen-bond donors (Lipinski definition) is 3. The van der Waals surface area contributed by atoms with Gasteiger partial charge in [-0.2, -0.15) is 0 Å². The summed E-state index contributed by atoms with van der Waals surface area (Å²) in [5.74, 6) is -1.55. The molecule has 3 fully saturated rings. The number of carbonyl (C=O) groups excluding carboxylic acids is 1. The minimum Gasteiger partial charge on any atom is -0.480 e. The molecule has 0 aromatic rings. The van der Waals surface area contributed by atoms with Crippen molar-refractivity contribution < 1.29 is 24.5 Å². The van der Waals surface area contributed by atoms with Crippen LogP contribution >= 0.6 is 0 Å². The van der Waals surface area contributed by atoms with Crippen LogP contribution in [0.4, 0.5) is 0 Å². The molecule has 2 heterocycles. The van der Waals surface area contributed by atoms with Gasteiger partial charge >= 0.3 is 5.97 Å². The van der Waals surface area contributed by atoms with E-state index in [2.05, 4.69) is 0 Å². The molecule has 0 spiro atoms. The van der Waals surface area contributed by atoms with E-state index < -0.39 is 29.1 Å². The number of rotatable bonds is 2. The highest BCUT2D eigenvalue weighted by Crippen LogP contribution is 2.59. The summed E-state index contributed by atoms with van der Waals surface area (Å²) < 4.78 is 5.65. The number of aliphatic hydroxyl groups excluding tert-OH is 1. The normalized spacial score (nSPS) is 44.3. The Bertz CT molecular complexity index is 494. The Morgan fingerprint density at radius 3 is 2.67 bits per heavy atom. The van der Waals surface area contributed by atoms with Gasteiger partial charge in [-0.25, -0.2) is 4.79 Å². The maximum atomic E-state index is 12.9. The lowest BCUT2D eigenvalue weighted by molar-refractivity contribution is -0.186. The molecule has 4 unspecified atom stereocenters. The molecule has 3 rings (SSSR count). The van der Waals surface area contributed by atoms with Crippen molar-refractivity contribution in [1.82, 2.24) is 4.90 Å². The van der Waals surface area contributed by atoms with Crippen LogP contribution in [0.15, 0.2) is 0 Å². The van der Waals surface area contributed by atoms with E-state index in [0.717, 1.165) is 0 Å². The van der Waals surface area contributed by atoms with E-state index in [1.54, 1.807) is 0 Å². The van der Waals surface area contributed by atoms with E-state index in [0.29, 0.717) is 13.0 Å². The highest BCUT2D eigenvalue weighted by atomic mass is 16.5. The van der Waals surface area contributed by atoms with Crippen LogP contribution in [0.1, 0.15) is 26.7 Å². The molecule has 1 amide bonds. The molecule has 118 valence electrons. The van der Waals surface area contributed by atoms with Gasteiger partial charge in [0.1, 0.15) is 11.6 Å². The molecule has 0 aromatic heterocycles. The summed E-state index contributed by atoms with van der Waals surface area (Å²) in [7, 11) is 0. The van der Waals surface area contributed by atoms with Crippen LogP contribution < -0.4 is 5.73 Å². The first kappa shape index (κ1) is 14.7. The van der Waals surface area contributed by atoms with Crippen molar-refractivity contribution in [2.75, 3.05) is 13.2 Å². The van der Waals surface area contributed by atoms with Crippen LogP contribution in [0, 0.1) is 11.3 Å². The maximum Gasteiger partial charge on any atom is 0.326 e. The second-order valence-electron chi connectivity index (χ2n) is 6.98. The third kappa shape index (κ3) is 1.71. The first-order chi connectivity index (χ1) is 9.71. The molecule has 7 heteroatoms. The second-order valence-corrected chi connectivity index (χ2v) is 6.98. The largest absolute Gasteiger partial charge is 0.480 e. The van der Waals surface area contributed by atoms with Crippen molar-refractivity contribution in [2.24, 2.45) is 17.1 Å². The van der Waals surface area contributed by atoms with Crippen LogP contribution in [0.5, 0.6) is 0 Å². The van der Waals surface area contributed by atoms with Crippen LogP contribution in [-0.2, 0) is 14.3 Å². The third-order valence-corrected chi connectivity index (χ3v) is 5.63. The summed E-state index contributed by atoms with van der Waals surface area (Å²) >= 11 is 0. The highest BCUT2D eigenvalue weighted by Gasteiger charge is 2.72. The van der Waals surface area contributed by atoms with Gasteiger partial charge in [0.25, 0.3) is 0 Å². The van der Waals surface area contributed by atoms with Gasteiger partial charge in [-0.3, -0.25) is 4.79 Å². The van der Waals surface area contributed by atoms with Crippen molar-refractivity contribution in [3.05, 3.63) is 0 Å². The van der Waals surface area contributed by atoms with Gasteiger partial charge in [0.05, 0.1) is 12.2 Å². The number of aliphatic carboxylic acids is 1. The summed E-state index contributed by atoms with van der Waals surface area (Å²) in [6.45, 7) is 4.39. The number of nitrogens with zero attached hydrogens (tertiary/aromatic N) is 1. The molecule has 2 aliphatic heterocycles. The molecule has 4 N–H and O–H groups in total. The summed E-state index contributed by atoms with van der Waals surface area (Å²) in [6.07, 6.45) is -0.0909. The molecule has 1 saturated carbocycles. The minimum absolute atomic E-state index is 0.0308. The number of carboxylic acid groups (broad SMARTS) is 1. The first-order valence-corrected chi connectivity index (χ1v) is 7.33. The van der Waals surface area contributed by atoms with E-state index >= 15 is 0 Å². The predicted octanol–water partition coefficient (Wildman–Crippen LogP) is -0.825. The summed E-state index contributed by atoms with van der Waals surface area (Å²) in [6, 6.07) is -0.995. The van der Waals surface area contributed by atoms with Crippen molar-refractivity contribution in [1.29, 1.82) is 0 Å². The van der Waals surface area contributed by atoms with Crippen LogP contribution in [-0.4, -0.2) is 63.9 Å². The average molecular weight is 298 g/mol. The number of carbonyl (C=O) groups is 2. The molecule has 0 radical (unpaired) electrons. The summed E-state index contributed by atoms with van der Waals surface area (Å²) in [5.41, 5.74) is 4.79. The van der Waals surface area contributed by atoms with Gasteiger partial charge in [0.2, 0.25) is 5.91 Å². The Labute approximate surface area is 123 Å². The van der Waals surface area contributed by atoms with E-state index in [9.17, 15) is 19.8 Å². The third-order valence-electron chi connectivity index (χ3n) is 5.63. The van der Waals surface area contributed by atoms with Crippen LogP contribution in [0.3, 0.4) is 0 Å². The number of ether oxygens (including phenoxy) is 1. The van der Waals surface area contributed by atoms with Crippen molar-refractivity contribution >= 4 is 11.9 Å². The second kappa shape index (κ2) is 4.41. The number of amides is 1. The fraction of sp³-hybridized carbons (Fsp3) is 0.857. The molecule has 7 nitrogen and oxygen atoms in total. The smallest absolute Gasteiger partial charge is 0.326 e. The van der Waals surface area contributed by atoms with E-state index in [1.165, 1.54) is 4.90 Å². The minimum atomic E-state index is -1.12. The van der Waals surface area contributed by atoms with Gasteiger partial charge in [0.15, 0.2) is 0 Å². The highest BCUT2D eigenvalue weighted by molar-refractivity contribution is 5.93. The Kier molecular flexibility index (Phi) is 3.10. The standard InChI is InChI=1S/C14H22N2O5/c1-13(2)10-8(3-4-21-10)14(13,15)12(20)16-6-7(17)5-9(16)11(18)19/h7-10,17H,3-6,15H2,1-2H3,(H,18,19)/t7?,8?,9-,10?,14?/m0/s1. The molecular formula is C14H22N2O5. The van der Waals surface area contributed by atoms with E-state index in [1.807, 2.05) is 13.8 Å². The first-order valence-electron chi connectivity index (χ1n) is 7.33. The molecule has 2 saturated heterocycles. The van der Waals surface area contributed by atoms with Crippen molar-refractivity contribution in [3.63, 3.8) is 0 Å². The Morgan fingerprint density at radius 1 is 1.38 bits per heavy atom. The van der Waals surface area contributed by atoms with Gasteiger partial charge in [-0.15, -0.1) is 0 Å². The van der Waals surface area contributed by atoms with E-state index in [-0.39, 0.29) is 30.9 Å². The zero-order valence-corrected chi connectivity index (χ0v) is 12.3. The number of β-amino-alcohol motifs (C(OH)–C–C–N with tert-alkyl or cyclic N) is 1. The molecule has 21 heavy (non-hydrogen) atoms. The molecule has 0 bridgehead atoms. The number of carboxylic acids is 1. The van der Waals surface area contributed by atoms with Gasteiger partial charge in [-0.05, 0) is 6.42 Å². The molecule has 1 aliphatic carbocycles. The predicted molar refractivity (Wildman–Crippen MR) is 72.3 cm³/mol. The molecule has 0 aromatic carbocycles. The number of fused-ring (bicyclic) bond motifs is 1. The summed E-state index contributed by atoms with van der Waals surface area (Å²) in [4.78, 5) is 25.5. The van der Waals surface area contributed by atoms with Gasteiger partial charge in [0, 0.05) is 30.9 Å². The molecule has 5 atom stereocenters. The Balaban J connectivity index is 1.89. The zero-order chi connectivity index (χ0) is 15.6. The fourth-order valence-electron chi connectivity index (χ4n) is 4.33. The topological polar surface area (TPSA) is 113 Å². The van der Waals surface area contributed by atoms with Crippen LogP contribution in [0.25, 0.3) is 0 Å². The SMILES string of the molecule is CC1(C)C2OCCC2C1(N)C(=O)N1CC(O)C[C@H]1C(=O)O. The van der Waals surface area contributed by atoms with Gasteiger partial charge < -0.3 is 25.6 Å². The Hall–Kier alpha value is -1.18. The summed E-state index contributed by atoms with van der Waals surface area (Å²) in [5, 5.41) is 19.0. The lowest BCUT2D eigenvalue weighted by atomic mass is 9.47. The number of likely N-dealkylation sites (tertiary alicyclic amines) is 1. The Morgan fingerprint density at radius 2 is 2.05 bits per heavy atom. The number of aliphatic hydroxyl groups is 1. The monoisotopic (exact) mass is 298 g/mol. The fourth-order valence-corrected chi connectivity index (χ4v) is 4.33. The quantitative estimate of drug-likeness (QED) is 0.613. The van der Waals surface area contributed by atoms with E-state index in [4.69, 9.17) is 10.5 Å². The lowest BCUT2D eigenvalue weighted by Crippen LogP contribution is -2.80. The maximum absolute atomic E-state index is 12.9.